The molecule has 0 aliphatic carbocycles. The molecule has 250 valence electrons. The van der Waals surface area contributed by atoms with Gasteiger partial charge in [-0.2, -0.15) is 8.78 Å². The molecule has 0 saturated carbocycles. The first kappa shape index (κ1) is 37.8. The van der Waals surface area contributed by atoms with Crippen LogP contribution in [0.4, 0.5) is 26.3 Å². The van der Waals surface area contributed by atoms with Crippen molar-refractivity contribution in [2.24, 2.45) is 4.99 Å². The summed E-state index contributed by atoms with van der Waals surface area (Å²) in [5.41, 5.74) is 1.82. The minimum atomic E-state index is -2.84. The average Bonchev–Trinajstić information content (AvgIpc) is 2.98. The van der Waals surface area contributed by atoms with Gasteiger partial charge in [-0.05, 0) is 35.7 Å². The van der Waals surface area contributed by atoms with Gasteiger partial charge in [0, 0.05) is 65.1 Å². The Morgan fingerprint density at radius 1 is 1.02 bits per heavy atom. The van der Waals surface area contributed by atoms with E-state index in [1.807, 2.05) is 11.8 Å². The van der Waals surface area contributed by atoms with Crippen LogP contribution in [-0.4, -0.2) is 87.1 Å². The molecule has 0 unspecified atom stereocenters. The molecule has 2 heterocycles. The highest BCUT2D eigenvalue weighted by atomic mass is 32.2. The number of carbonyl (C=O) groups excluding carboxylic acids is 1. The summed E-state index contributed by atoms with van der Waals surface area (Å²) >= 11 is 0. The van der Waals surface area contributed by atoms with Crippen LogP contribution in [-0.2, 0) is 32.3 Å². The van der Waals surface area contributed by atoms with Crippen molar-refractivity contribution in [2.75, 3.05) is 44.7 Å². The Balaban J connectivity index is 0.000000242. The van der Waals surface area contributed by atoms with Crippen molar-refractivity contribution >= 4 is 27.4 Å². The van der Waals surface area contributed by atoms with Crippen LogP contribution < -0.4 is 0 Å². The minimum absolute atomic E-state index is 0.0418. The number of amides is 1. The maximum atomic E-state index is 13.5. The maximum Gasteiger partial charge on any atom is 0.312 e. The van der Waals surface area contributed by atoms with E-state index in [0.717, 1.165) is 5.56 Å². The molecule has 14 heteroatoms. The molecule has 0 N–H and O–H groups in total. The fraction of sp³-hybridized carbons (Fsp3) is 0.484. The Bertz CT molecular complexity index is 1390. The van der Waals surface area contributed by atoms with Crippen molar-refractivity contribution in [1.82, 2.24) is 9.80 Å². The quantitative estimate of drug-likeness (QED) is 0.164. The number of rotatable bonds is 6. The van der Waals surface area contributed by atoms with Gasteiger partial charge in [-0.3, -0.25) is 14.7 Å². The van der Waals surface area contributed by atoms with Gasteiger partial charge in [-0.1, -0.05) is 37.8 Å². The van der Waals surface area contributed by atoms with E-state index in [4.69, 9.17) is 4.74 Å². The van der Waals surface area contributed by atoms with E-state index in [0.29, 0.717) is 50.3 Å². The zero-order chi connectivity index (χ0) is 33.8. The van der Waals surface area contributed by atoms with E-state index in [1.54, 1.807) is 29.2 Å². The monoisotopic (exact) mass is 663 g/mol. The number of carbonyl (C=O) groups is 1. The lowest BCUT2D eigenvalue weighted by Crippen LogP contribution is -2.42. The summed E-state index contributed by atoms with van der Waals surface area (Å²) in [7, 11) is -1.65. The van der Waals surface area contributed by atoms with E-state index in [9.17, 15) is 39.6 Å². The van der Waals surface area contributed by atoms with Gasteiger partial charge >= 0.3 is 6.43 Å². The van der Waals surface area contributed by atoms with Crippen LogP contribution in [0.1, 0.15) is 43.4 Å². The Hall–Kier alpha value is -3.39. The summed E-state index contributed by atoms with van der Waals surface area (Å²) in [5.74, 6) is -3.78. The number of aryl methyl sites for hydroxylation is 1. The highest BCUT2D eigenvalue weighted by Gasteiger charge is 2.33. The highest BCUT2D eigenvalue weighted by Crippen LogP contribution is 2.28. The molecule has 2 aromatic carbocycles. The smallest absolute Gasteiger partial charge is 0.312 e. The predicted octanol–water partition coefficient (Wildman–Crippen LogP) is 5.99. The second-order valence-electron chi connectivity index (χ2n) is 10.5. The molecule has 2 aliphatic heterocycles. The number of likely N-dealkylation sites (tertiary alicyclic amines) is 1. The van der Waals surface area contributed by atoms with Gasteiger partial charge in [-0.25, -0.2) is 26.0 Å². The molecule has 0 bridgehead atoms. The Labute approximate surface area is 260 Å². The first-order valence-electron chi connectivity index (χ1n) is 14.3. The molecule has 1 amide bonds. The molecule has 45 heavy (non-hydrogen) atoms. The van der Waals surface area contributed by atoms with Crippen LogP contribution >= 0.6 is 0 Å². The number of aliphatic imine (C=N–C) groups is 1. The molecule has 2 aliphatic rings. The van der Waals surface area contributed by atoms with E-state index < -0.39 is 33.9 Å². The van der Waals surface area contributed by atoms with Gasteiger partial charge in [-0.15, -0.1) is 0 Å². The number of halogens is 6. The first-order valence-corrected chi connectivity index (χ1v) is 16.1. The summed E-state index contributed by atoms with van der Waals surface area (Å²) in [4.78, 5) is 17.6. The highest BCUT2D eigenvalue weighted by molar-refractivity contribution is 7.91. The van der Waals surface area contributed by atoms with Gasteiger partial charge in [0.15, 0.2) is 9.84 Å². The van der Waals surface area contributed by atoms with Crippen molar-refractivity contribution in [3.8, 4) is 0 Å². The van der Waals surface area contributed by atoms with E-state index in [1.165, 1.54) is 32.2 Å². The molecule has 2 fully saturated rings. The molecule has 2 saturated heterocycles. The van der Waals surface area contributed by atoms with Crippen LogP contribution in [0.15, 0.2) is 54.0 Å². The first-order chi connectivity index (χ1) is 21.1. The number of piperidine rings is 1. The molecular formula is C31H39F6N3O4S. The van der Waals surface area contributed by atoms with Gasteiger partial charge in [0.05, 0.1) is 11.5 Å². The Morgan fingerprint density at radius 2 is 1.60 bits per heavy atom. The number of benzene rings is 2. The number of sulfone groups is 1. The van der Waals surface area contributed by atoms with Crippen LogP contribution in [0.2, 0.25) is 0 Å². The Morgan fingerprint density at radius 3 is 2.07 bits per heavy atom. The lowest BCUT2D eigenvalue weighted by Gasteiger charge is -2.31. The number of nitrogens with zero attached hydrogens (tertiary/aromatic N) is 3. The number of hydrogen-bond donors (Lipinski definition) is 0. The summed E-state index contributed by atoms with van der Waals surface area (Å²) in [6.07, 6.45) is -2.42. The van der Waals surface area contributed by atoms with Crippen molar-refractivity contribution < 1.29 is 44.3 Å². The van der Waals surface area contributed by atoms with Crippen LogP contribution in [0.5, 0.6) is 0 Å². The standard InChI is InChI=1S/C13H14F3NO.C12H14F3N.C6H11NO3S/c1-4-9-5-6-10(7-11(9)14)8(2)18-13(17-3)12(15)16;13-11-3-1-10(2-4-11)9-16-7-5-12(14,15)6-8-16;1-6(8)7-2-4-11(9,10)5-3-7/h5-7,12H,2,4H2,1,3H3;1-4H,5-9H2;2-5H2,1H3. The summed E-state index contributed by atoms with van der Waals surface area (Å²) in [6, 6.07) is 10.5. The van der Waals surface area contributed by atoms with Crippen LogP contribution in [0, 0.1) is 11.6 Å². The van der Waals surface area contributed by atoms with Crippen molar-refractivity contribution in [2.45, 2.75) is 52.0 Å². The summed E-state index contributed by atoms with van der Waals surface area (Å²) in [6.45, 7) is 8.92. The fourth-order valence-corrected chi connectivity index (χ4v) is 5.50. The number of ether oxygens (including phenoxy) is 1. The van der Waals surface area contributed by atoms with Crippen molar-refractivity contribution in [3.63, 3.8) is 0 Å². The third-order valence-electron chi connectivity index (χ3n) is 7.09. The Kier molecular flexibility index (Phi) is 14.6. The number of alkyl halides is 4. The lowest BCUT2D eigenvalue weighted by atomic mass is 10.1. The molecule has 0 spiro atoms. The predicted molar refractivity (Wildman–Crippen MR) is 162 cm³/mol. The largest absolute Gasteiger partial charge is 0.438 e. The fourth-order valence-electron chi connectivity index (χ4n) is 4.29. The van der Waals surface area contributed by atoms with Gasteiger partial charge in [0.1, 0.15) is 17.4 Å². The van der Waals surface area contributed by atoms with E-state index >= 15 is 0 Å². The normalized spacial score (nSPS) is 17.8. The topological polar surface area (TPSA) is 79.3 Å². The summed E-state index contributed by atoms with van der Waals surface area (Å²) in [5, 5.41) is 0. The average molecular weight is 664 g/mol. The second kappa shape index (κ2) is 17.3. The molecule has 0 radical (unpaired) electrons. The lowest BCUT2D eigenvalue weighted by molar-refractivity contribution is -0.128. The molecule has 4 rings (SSSR count). The zero-order valence-corrected chi connectivity index (χ0v) is 26.4. The minimum Gasteiger partial charge on any atom is -0.438 e. The molecule has 0 aromatic heterocycles. The summed E-state index contributed by atoms with van der Waals surface area (Å²) < 4.78 is 103. The third kappa shape index (κ3) is 13.2. The van der Waals surface area contributed by atoms with E-state index in [2.05, 4.69) is 11.6 Å². The van der Waals surface area contributed by atoms with Crippen LogP contribution in [0.3, 0.4) is 0 Å². The van der Waals surface area contributed by atoms with Gasteiger partial charge in [0.2, 0.25) is 5.91 Å². The van der Waals surface area contributed by atoms with Crippen molar-refractivity contribution in [3.05, 3.63) is 77.4 Å². The zero-order valence-electron chi connectivity index (χ0n) is 25.5. The molecule has 7 nitrogen and oxygen atoms in total. The van der Waals surface area contributed by atoms with Crippen LogP contribution in [0.25, 0.3) is 5.76 Å². The number of hydrogen-bond acceptors (Lipinski definition) is 6. The second-order valence-corrected chi connectivity index (χ2v) is 12.8. The molecule has 0 atom stereocenters. The van der Waals surface area contributed by atoms with Gasteiger partial charge < -0.3 is 9.64 Å². The van der Waals surface area contributed by atoms with Gasteiger partial charge in [0.25, 0.3) is 11.8 Å². The molecular weight excluding hydrogens is 624 g/mol. The maximum absolute atomic E-state index is 13.5. The van der Waals surface area contributed by atoms with Crippen molar-refractivity contribution in [1.29, 1.82) is 0 Å². The third-order valence-corrected chi connectivity index (χ3v) is 8.70. The van der Waals surface area contributed by atoms with E-state index in [-0.39, 0.29) is 41.8 Å². The SMILES string of the molecule is C=C(OC(=NC)C(F)F)c1ccc(CC)c(F)c1.CC(=O)N1CCS(=O)(=O)CC1.Fc1ccc(CN2CCC(F)(F)CC2)cc1. The molecule has 2 aromatic rings.